The molecule has 0 radical (unpaired) electrons. The topological polar surface area (TPSA) is 38.0 Å². The Balaban J connectivity index is 2.20. The number of hydrogen-bond acceptors (Lipinski definition) is 3. The van der Waals surface area contributed by atoms with Gasteiger partial charge in [-0.1, -0.05) is 17.7 Å². The van der Waals surface area contributed by atoms with E-state index in [-0.39, 0.29) is 6.04 Å². The second-order valence-corrected chi connectivity index (χ2v) is 5.16. The van der Waals surface area contributed by atoms with E-state index in [4.69, 9.17) is 17.4 Å². The standard InChI is InChI=1S/C12H11ClF2N2S/c13-8-3-4-18-12(8)11(17-16)6-7-1-2-9(14)10(15)5-7/h1-5,11,17H,6,16H2. The molecule has 18 heavy (non-hydrogen) atoms. The largest absolute Gasteiger partial charge is 0.271 e. The van der Waals surface area contributed by atoms with Gasteiger partial charge in [0.1, 0.15) is 0 Å². The zero-order valence-electron chi connectivity index (χ0n) is 9.29. The molecule has 0 spiro atoms. The monoisotopic (exact) mass is 288 g/mol. The van der Waals surface area contributed by atoms with Crippen LogP contribution in [0.3, 0.4) is 0 Å². The maximum Gasteiger partial charge on any atom is 0.159 e. The molecule has 0 aliphatic carbocycles. The van der Waals surface area contributed by atoms with Gasteiger partial charge in [-0.2, -0.15) is 0 Å². The Morgan fingerprint density at radius 2 is 2.06 bits per heavy atom. The van der Waals surface area contributed by atoms with E-state index in [0.717, 1.165) is 10.9 Å². The normalized spacial score (nSPS) is 12.7. The van der Waals surface area contributed by atoms with Crippen molar-refractivity contribution in [3.63, 3.8) is 0 Å². The molecule has 1 aromatic heterocycles. The second kappa shape index (κ2) is 5.75. The molecule has 2 rings (SSSR count). The molecule has 1 aromatic carbocycles. The summed E-state index contributed by atoms with van der Waals surface area (Å²) in [7, 11) is 0. The molecule has 2 nitrogen and oxygen atoms in total. The maximum absolute atomic E-state index is 13.1. The molecule has 0 aliphatic heterocycles. The van der Waals surface area contributed by atoms with Crippen LogP contribution >= 0.6 is 22.9 Å². The highest BCUT2D eigenvalue weighted by Crippen LogP contribution is 2.30. The summed E-state index contributed by atoms with van der Waals surface area (Å²) in [6.45, 7) is 0. The summed E-state index contributed by atoms with van der Waals surface area (Å²) in [5.41, 5.74) is 3.29. The van der Waals surface area contributed by atoms with Gasteiger partial charge < -0.3 is 0 Å². The van der Waals surface area contributed by atoms with Crippen molar-refractivity contribution in [1.29, 1.82) is 0 Å². The average molecular weight is 289 g/mol. The van der Waals surface area contributed by atoms with Crippen LogP contribution in [0.1, 0.15) is 16.5 Å². The molecule has 0 saturated carbocycles. The van der Waals surface area contributed by atoms with Crippen molar-refractivity contribution in [3.8, 4) is 0 Å². The van der Waals surface area contributed by atoms with Gasteiger partial charge in [-0.25, -0.2) is 8.78 Å². The van der Waals surface area contributed by atoms with Gasteiger partial charge in [-0.05, 0) is 35.6 Å². The molecule has 96 valence electrons. The zero-order valence-corrected chi connectivity index (χ0v) is 10.9. The van der Waals surface area contributed by atoms with E-state index in [9.17, 15) is 8.78 Å². The van der Waals surface area contributed by atoms with E-state index in [0.29, 0.717) is 17.0 Å². The van der Waals surface area contributed by atoms with E-state index in [1.807, 2.05) is 5.38 Å². The first-order valence-corrected chi connectivity index (χ1v) is 6.50. The van der Waals surface area contributed by atoms with Crippen LogP contribution < -0.4 is 11.3 Å². The van der Waals surface area contributed by atoms with Crippen LogP contribution in [0, 0.1) is 11.6 Å². The number of nitrogens with two attached hydrogens (primary N) is 1. The number of halogens is 3. The smallest absolute Gasteiger partial charge is 0.159 e. The predicted molar refractivity (Wildman–Crippen MR) is 69.5 cm³/mol. The lowest BCUT2D eigenvalue weighted by Gasteiger charge is -2.15. The fraction of sp³-hybridized carbons (Fsp3) is 0.167. The molecule has 0 aliphatic rings. The third-order valence-corrected chi connectivity index (χ3v) is 4.06. The summed E-state index contributed by atoms with van der Waals surface area (Å²) in [6, 6.07) is 5.36. The number of hydrazine groups is 1. The van der Waals surface area contributed by atoms with Crippen molar-refractivity contribution < 1.29 is 8.78 Å². The Kier molecular flexibility index (Phi) is 4.29. The molecule has 0 saturated heterocycles. The molecule has 0 bridgehead atoms. The van der Waals surface area contributed by atoms with Crippen molar-refractivity contribution in [1.82, 2.24) is 5.43 Å². The molecule has 1 heterocycles. The summed E-state index contributed by atoms with van der Waals surface area (Å²) in [5, 5.41) is 2.47. The Labute approximate surface area is 112 Å². The van der Waals surface area contributed by atoms with Gasteiger partial charge in [-0.3, -0.25) is 11.3 Å². The van der Waals surface area contributed by atoms with Gasteiger partial charge in [0.2, 0.25) is 0 Å². The van der Waals surface area contributed by atoms with Crippen LogP contribution in [-0.2, 0) is 6.42 Å². The first-order chi connectivity index (χ1) is 8.61. The number of nitrogens with one attached hydrogen (secondary N) is 1. The minimum absolute atomic E-state index is 0.220. The van der Waals surface area contributed by atoms with Crippen LogP contribution in [0.15, 0.2) is 29.6 Å². The van der Waals surface area contributed by atoms with Crippen LogP contribution in [0.25, 0.3) is 0 Å². The van der Waals surface area contributed by atoms with E-state index in [1.54, 1.807) is 6.07 Å². The lowest BCUT2D eigenvalue weighted by Crippen LogP contribution is -2.29. The van der Waals surface area contributed by atoms with Crippen molar-refractivity contribution in [2.75, 3.05) is 0 Å². The Bertz CT molecular complexity index is 545. The molecule has 1 unspecified atom stereocenters. The highest BCUT2D eigenvalue weighted by molar-refractivity contribution is 7.10. The van der Waals surface area contributed by atoms with Gasteiger partial charge in [0, 0.05) is 4.88 Å². The Morgan fingerprint density at radius 1 is 1.28 bits per heavy atom. The molecule has 0 fully saturated rings. The minimum Gasteiger partial charge on any atom is -0.271 e. The fourth-order valence-corrected chi connectivity index (χ4v) is 2.93. The molecule has 6 heteroatoms. The summed E-state index contributed by atoms with van der Waals surface area (Å²) in [5.74, 6) is 3.76. The van der Waals surface area contributed by atoms with E-state index < -0.39 is 11.6 Å². The van der Waals surface area contributed by atoms with Gasteiger partial charge >= 0.3 is 0 Å². The number of hydrogen-bond donors (Lipinski definition) is 2. The molecule has 2 aromatic rings. The third-order valence-electron chi connectivity index (χ3n) is 2.59. The van der Waals surface area contributed by atoms with Crippen LogP contribution in [0.5, 0.6) is 0 Å². The predicted octanol–water partition coefficient (Wildman–Crippen LogP) is 3.43. The molecular formula is C12H11ClF2N2S. The Morgan fingerprint density at radius 3 is 2.61 bits per heavy atom. The lowest BCUT2D eigenvalue weighted by atomic mass is 10.0. The van der Waals surface area contributed by atoms with Gasteiger partial charge in [-0.15, -0.1) is 11.3 Å². The first-order valence-electron chi connectivity index (χ1n) is 5.24. The van der Waals surface area contributed by atoms with Crippen LogP contribution in [-0.4, -0.2) is 0 Å². The van der Waals surface area contributed by atoms with Crippen molar-refractivity contribution in [2.45, 2.75) is 12.5 Å². The number of rotatable bonds is 4. The van der Waals surface area contributed by atoms with Crippen molar-refractivity contribution >= 4 is 22.9 Å². The highest BCUT2D eigenvalue weighted by Gasteiger charge is 2.16. The molecule has 0 amide bonds. The summed E-state index contributed by atoms with van der Waals surface area (Å²) in [6.07, 6.45) is 0.438. The van der Waals surface area contributed by atoms with Gasteiger partial charge in [0.25, 0.3) is 0 Å². The van der Waals surface area contributed by atoms with Crippen molar-refractivity contribution in [2.24, 2.45) is 5.84 Å². The van der Waals surface area contributed by atoms with Crippen molar-refractivity contribution in [3.05, 3.63) is 56.7 Å². The SMILES string of the molecule is NNC(Cc1ccc(F)c(F)c1)c1sccc1Cl. The van der Waals surface area contributed by atoms with E-state index in [2.05, 4.69) is 5.43 Å². The number of thiophene rings is 1. The molecule has 1 atom stereocenters. The average Bonchev–Trinajstić information content (AvgIpc) is 2.77. The summed E-state index contributed by atoms with van der Waals surface area (Å²) < 4.78 is 25.9. The third kappa shape index (κ3) is 2.87. The van der Waals surface area contributed by atoms with E-state index in [1.165, 1.54) is 23.5 Å². The molecule has 3 N–H and O–H groups in total. The van der Waals surface area contributed by atoms with Gasteiger partial charge in [0.15, 0.2) is 11.6 Å². The maximum atomic E-state index is 13.1. The van der Waals surface area contributed by atoms with Crippen LogP contribution in [0.4, 0.5) is 8.78 Å². The van der Waals surface area contributed by atoms with Crippen LogP contribution in [0.2, 0.25) is 5.02 Å². The number of benzene rings is 1. The minimum atomic E-state index is -0.861. The van der Waals surface area contributed by atoms with Gasteiger partial charge in [0.05, 0.1) is 11.1 Å². The fourth-order valence-electron chi connectivity index (χ4n) is 1.68. The summed E-state index contributed by atoms with van der Waals surface area (Å²) in [4.78, 5) is 0.879. The quantitative estimate of drug-likeness (QED) is 0.668. The lowest BCUT2D eigenvalue weighted by molar-refractivity contribution is 0.503. The summed E-state index contributed by atoms with van der Waals surface area (Å²) >= 11 is 7.48. The first kappa shape index (κ1) is 13.4. The van der Waals surface area contributed by atoms with E-state index >= 15 is 0 Å². The Hall–Kier alpha value is -1.01. The molecular weight excluding hydrogens is 278 g/mol. The second-order valence-electron chi connectivity index (χ2n) is 3.80. The zero-order chi connectivity index (χ0) is 13.1. The highest BCUT2D eigenvalue weighted by atomic mass is 35.5.